The van der Waals surface area contributed by atoms with Crippen LogP contribution in [0.2, 0.25) is 0 Å². The maximum atomic E-state index is 13.3. The Bertz CT molecular complexity index is 1560. The summed E-state index contributed by atoms with van der Waals surface area (Å²) in [6.45, 7) is 7.38. The molecule has 0 spiro atoms. The molecule has 0 radical (unpaired) electrons. The van der Waals surface area contributed by atoms with Crippen LogP contribution < -0.4 is 10.1 Å². The molecule has 5 rings (SSSR count). The molecule has 0 aliphatic carbocycles. The number of carbonyl (C=O) groups is 1. The van der Waals surface area contributed by atoms with Gasteiger partial charge in [-0.2, -0.15) is 0 Å². The molecule has 0 atom stereocenters. The Morgan fingerprint density at radius 3 is 2.39 bits per heavy atom. The quantitative estimate of drug-likeness (QED) is 0.265. The van der Waals surface area contributed by atoms with Crippen molar-refractivity contribution < 1.29 is 27.4 Å². The lowest BCUT2D eigenvalue weighted by Gasteiger charge is -2.31. The first-order valence-electron chi connectivity index (χ1n) is 15.3. The minimum atomic E-state index is -3.55. The lowest BCUT2D eigenvalue weighted by atomic mass is 10.0. The second kappa shape index (κ2) is 14.5. The summed E-state index contributed by atoms with van der Waals surface area (Å²) in [5.74, 6) is 0.313. The van der Waals surface area contributed by atoms with E-state index in [1.165, 1.54) is 0 Å². The third kappa shape index (κ3) is 8.35. The van der Waals surface area contributed by atoms with E-state index in [-0.39, 0.29) is 29.1 Å². The van der Waals surface area contributed by atoms with Crippen molar-refractivity contribution >= 4 is 27.5 Å². The number of fused-ring (bicyclic) bond motifs is 1. The maximum Gasteiger partial charge on any atom is 0.251 e. The first-order chi connectivity index (χ1) is 21.2. The number of nitrogens with one attached hydrogen (secondary N) is 1. The Morgan fingerprint density at radius 1 is 0.977 bits per heavy atom. The van der Waals surface area contributed by atoms with Crippen molar-refractivity contribution in [3.8, 4) is 16.9 Å². The van der Waals surface area contributed by atoms with E-state index in [1.807, 2.05) is 74.5 Å². The number of anilines is 1. The monoisotopic (exact) mass is 618 g/mol. The molecule has 2 aliphatic heterocycles. The van der Waals surface area contributed by atoms with Gasteiger partial charge in [0, 0.05) is 37.1 Å². The van der Waals surface area contributed by atoms with Crippen LogP contribution in [0.5, 0.6) is 5.75 Å². The van der Waals surface area contributed by atoms with Gasteiger partial charge in [0.25, 0.3) is 5.91 Å². The maximum absolute atomic E-state index is 13.3. The molecule has 2 heterocycles. The second-order valence-corrected chi connectivity index (χ2v) is 13.8. The number of benzene rings is 3. The van der Waals surface area contributed by atoms with E-state index in [2.05, 4.69) is 17.3 Å². The molecule has 0 aromatic heterocycles. The highest BCUT2D eigenvalue weighted by atomic mass is 32.2. The topological polar surface area (TPSA) is 94.2 Å². The number of nitrogens with zero attached hydrogens (tertiary/aromatic N) is 1. The molecular weight excluding hydrogens is 576 g/mol. The largest absolute Gasteiger partial charge is 0.491 e. The molecule has 3 aromatic rings. The molecule has 1 fully saturated rings. The summed E-state index contributed by atoms with van der Waals surface area (Å²) < 4.78 is 43.0. The normalized spacial score (nSPS) is 16.7. The number of ether oxygens (including phenoxy) is 3. The van der Waals surface area contributed by atoms with Gasteiger partial charge in [0.2, 0.25) is 0 Å². The van der Waals surface area contributed by atoms with Gasteiger partial charge in [-0.05, 0) is 105 Å². The number of carbonyl (C=O) groups excluding carboxylic acids is 1. The van der Waals surface area contributed by atoms with Gasteiger partial charge in [0.1, 0.15) is 12.4 Å². The first-order valence-corrected chi connectivity index (χ1v) is 16.9. The van der Waals surface area contributed by atoms with Crippen LogP contribution in [0.25, 0.3) is 17.2 Å². The zero-order valence-electron chi connectivity index (χ0n) is 25.8. The summed E-state index contributed by atoms with van der Waals surface area (Å²) in [7, 11) is -1.41. The lowest BCUT2D eigenvalue weighted by molar-refractivity contribution is -0.112. The molecule has 0 unspecified atom stereocenters. The van der Waals surface area contributed by atoms with E-state index >= 15 is 0 Å². The Balaban J connectivity index is 1.27. The highest BCUT2D eigenvalue weighted by Gasteiger charge is 2.25. The number of hydrogen-bond acceptors (Lipinski definition) is 7. The smallest absolute Gasteiger partial charge is 0.251 e. The molecule has 2 aliphatic rings. The molecule has 1 amide bonds. The lowest BCUT2D eigenvalue weighted by Crippen LogP contribution is -2.36. The Morgan fingerprint density at radius 2 is 1.68 bits per heavy atom. The van der Waals surface area contributed by atoms with Crippen LogP contribution in [0.4, 0.5) is 5.69 Å². The van der Waals surface area contributed by atoms with Gasteiger partial charge < -0.3 is 19.5 Å². The van der Waals surface area contributed by atoms with Gasteiger partial charge in [-0.3, -0.25) is 9.69 Å². The summed E-state index contributed by atoms with van der Waals surface area (Å²) in [6, 6.07) is 21.3. The van der Waals surface area contributed by atoms with Crippen LogP contribution in [0.1, 0.15) is 44.2 Å². The fraction of sp³-hybridized carbons (Fsp3) is 0.400. The molecule has 1 N–H and O–H groups in total. The standard InChI is InChI=1S/C35H42N2O6S/c1-25(2)42-19-20-43-33-11-6-27(7-12-33)28-8-13-34-30(22-28)23-29(16-21-44(34,39)40)35(38)36-31-9-4-26(5-10-31)24-37(3)32-14-17-41-18-15-32/h4-13,22-23,25,32H,14-21,24H2,1-3H3,(H,36,38). The van der Waals surface area contributed by atoms with Gasteiger partial charge in [0.05, 0.1) is 23.4 Å². The highest BCUT2D eigenvalue weighted by Crippen LogP contribution is 2.32. The van der Waals surface area contributed by atoms with E-state index in [4.69, 9.17) is 14.2 Å². The average molecular weight is 619 g/mol. The molecular formula is C35H42N2O6S. The van der Waals surface area contributed by atoms with Crippen molar-refractivity contribution in [2.24, 2.45) is 0 Å². The molecule has 3 aromatic carbocycles. The number of sulfone groups is 1. The van der Waals surface area contributed by atoms with E-state index in [0.29, 0.717) is 36.1 Å². The van der Waals surface area contributed by atoms with Crippen molar-refractivity contribution in [3.05, 3.63) is 83.4 Å². The minimum Gasteiger partial charge on any atom is -0.491 e. The fourth-order valence-corrected chi connectivity index (χ4v) is 7.01. The SMILES string of the molecule is CC(C)OCCOc1ccc(-c2ccc3c(c2)C=C(C(=O)Nc2ccc(CN(C)C4CCOCC4)cc2)CCS3(=O)=O)cc1. The molecule has 9 heteroatoms. The van der Waals surface area contributed by atoms with Crippen LogP contribution in [-0.4, -0.2) is 70.6 Å². The van der Waals surface area contributed by atoms with Gasteiger partial charge in [-0.25, -0.2) is 8.42 Å². The van der Waals surface area contributed by atoms with Crippen LogP contribution in [0, 0.1) is 0 Å². The summed E-state index contributed by atoms with van der Waals surface area (Å²) in [6.07, 6.45) is 4.08. The molecule has 0 bridgehead atoms. The van der Waals surface area contributed by atoms with Crippen molar-refractivity contribution in [2.45, 2.75) is 56.7 Å². The van der Waals surface area contributed by atoms with Gasteiger partial charge in [-0.15, -0.1) is 0 Å². The highest BCUT2D eigenvalue weighted by molar-refractivity contribution is 7.91. The fourth-order valence-electron chi connectivity index (χ4n) is 5.55. The zero-order chi connectivity index (χ0) is 31.1. The van der Waals surface area contributed by atoms with Crippen molar-refractivity contribution in [3.63, 3.8) is 0 Å². The third-order valence-corrected chi connectivity index (χ3v) is 9.84. The van der Waals surface area contributed by atoms with Gasteiger partial charge >= 0.3 is 0 Å². The second-order valence-electron chi connectivity index (χ2n) is 11.7. The van der Waals surface area contributed by atoms with E-state index in [9.17, 15) is 13.2 Å². The summed E-state index contributed by atoms with van der Waals surface area (Å²) >= 11 is 0. The van der Waals surface area contributed by atoms with Crippen molar-refractivity contribution in [1.29, 1.82) is 0 Å². The van der Waals surface area contributed by atoms with Gasteiger partial charge in [0.15, 0.2) is 9.84 Å². The Kier molecular flexibility index (Phi) is 10.5. The van der Waals surface area contributed by atoms with Crippen molar-refractivity contribution in [2.75, 3.05) is 44.5 Å². The van der Waals surface area contributed by atoms with Crippen LogP contribution in [-0.2, 0) is 30.7 Å². The molecule has 234 valence electrons. The van der Waals surface area contributed by atoms with Crippen molar-refractivity contribution in [1.82, 2.24) is 4.90 Å². The molecule has 1 saturated heterocycles. The van der Waals surface area contributed by atoms with Crippen LogP contribution >= 0.6 is 0 Å². The van der Waals surface area contributed by atoms with E-state index in [1.54, 1.807) is 12.1 Å². The zero-order valence-corrected chi connectivity index (χ0v) is 26.6. The number of amides is 1. The average Bonchev–Trinajstić information content (AvgIpc) is 3.16. The number of rotatable bonds is 11. The minimum absolute atomic E-state index is 0.122. The molecule has 44 heavy (non-hydrogen) atoms. The Labute approximate surface area is 260 Å². The first kappa shape index (κ1) is 31.9. The third-order valence-electron chi connectivity index (χ3n) is 8.06. The number of hydrogen-bond donors (Lipinski definition) is 1. The van der Waals surface area contributed by atoms with Crippen LogP contribution in [0.15, 0.2) is 77.2 Å². The summed E-state index contributed by atoms with van der Waals surface area (Å²) in [4.78, 5) is 15.9. The summed E-state index contributed by atoms with van der Waals surface area (Å²) in [5, 5.41) is 2.97. The summed E-state index contributed by atoms with van der Waals surface area (Å²) in [5.41, 5.74) is 4.56. The van der Waals surface area contributed by atoms with E-state index < -0.39 is 9.84 Å². The van der Waals surface area contributed by atoms with E-state index in [0.717, 1.165) is 55.0 Å². The predicted molar refractivity (Wildman–Crippen MR) is 173 cm³/mol. The molecule has 0 saturated carbocycles. The van der Waals surface area contributed by atoms with Gasteiger partial charge in [-0.1, -0.05) is 30.3 Å². The molecule has 8 nitrogen and oxygen atoms in total. The van der Waals surface area contributed by atoms with Crippen LogP contribution in [0.3, 0.4) is 0 Å². The predicted octanol–water partition coefficient (Wildman–Crippen LogP) is 5.97. The Hall–Kier alpha value is -3.50.